The molecule has 132 valence electrons. The molecule has 0 aliphatic heterocycles. The van der Waals surface area contributed by atoms with E-state index < -0.39 is 0 Å². The van der Waals surface area contributed by atoms with Crippen LogP contribution in [0, 0.1) is 0 Å². The van der Waals surface area contributed by atoms with Gasteiger partial charge < -0.3 is 5.32 Å². The predicted molar refractivity (Wildman–Crippen MR) is 105 cm³/mol. The van der Waals surface area contributed by atoms with Crippen molar-refractivity contribution >= 4 is 58.0 Å². The number of nitrogens with zero attached hydrogens (tertiary/aromatic N) is 1. The topological polar surface area (TPSA) is 32.3 Å². The van der Waals surface area contributed by atoms with E-state index in [4.69, 9.17) is 46.4 Å². The first-order valence-corrected chi connectivity index (χ1v) is 9.30. The maximum Gasteiger partial charge on any atom is 0.238 e. The molecule has 0 spiro atoms. The lowest BCUT2D eigenvalue weighted by molar-refractivity contribution is -0.117. The van der Waals surface area contributed by atoms with Crippen LogP contribution in [-0.4, -0.2) is 24.4 Å². The molecule has 0 radical (unpaired) electrons. The molecule has 3 rings (SSSR count). The van der Waals surface area contributed by atoms with E-state index in [9.17, 15) is 4.79 Å². The van der Waals surface area contributed by atoms with Gasteiger partial charge >= 0.3 is 0 Å². The number of carbonyl (C=O) groups excluding carboxylic acids is 1. The van der Waals surface area contributed by atoms with Crippen LogP contribution < -0.4 is 5.32 Å². The lowest BCUT2D eigenvalue weighted by Crippen LogP contribution is -2.32. The molecule has 1 N–H and O–H groups in total. The van der Waals surface area contributed by atoms with Gasteiger partial charge in [-0.3, -0.25) is 9.69 Å². The van der Waals surface area contributed by atoms with Crippen molar-refractivity contribution in [2.45, 2.75) is 18.9 Å². The largest absolute Gasteiger partial charge is 0.322 e. The third-order valence-corrected chi connectivity index (χ3v) is 5.98. The number of carbonyl (C=O) groups is 1. The minimum atomic E-state index is -0.228. The molecule has 0 saturated heterocycles. The van der Waals surface area contributed by atoms with Crippen LogP contribution in [0.4, 0.5) is 5.69 Å². The van der Waals surface area contributed by atoms with E-state index in [1.165, 1.54) is 17.2 Å². The minimum Gasteiger partial charge on any atom is -0.322 e. The van der Waals surface area contributed by atoms with E-state index in [0.717, 1.165) is 12.8 Å². The standard InChI is InChI=1S/C18H16Cl4N2O/c1-24(14-7-6-10-4-2-3-5-11(10)14)9-15(25)23-18-16(21)12(19)8-13(20)17(18)22/h2-5,8,14H,6-7,9H2,1H3,(H,23,25). The first-order chi connectivity index (χ1) is 11.9. The van der Waals surface area contributed by atoms with Crippen molar-refractivity contribution in [3.8, 4) is 0 Å². The Morgan fingerprint density at radius 3 is 2.48 bits per heavy atom. The van der Waals surface area contributed by atoms with Gasteiger partial charge in [0.2, 0.25) is 5.91 Å². The van der Waals surface area contributed by atoms with Crippen molar-refractivity contribution in [2.75, 3.05) is 18.9 Å². The smallest absolute Gasteiger partial charge is 0.238 e. The van der Waals surface area contributed by atoms with Crippen molar-refractivity contribution in [1.82, 2.24) is 4.90 Å². The lowest BCUT2D eigenvalue weighted by Gasteiger charge is -2.25. The van der Waals surface area contributed by atoms with E-state index in [2.05, 4.69) is 17.4 Å². The molecule has 1 atom stereocenters. The Bertz CT molecular complexity index is 799. The molecule has 1 unspecified atom stereocenters. The molecule has 1 aliphatic rings. The fourth-order valence-corrected chi connectivity index (χ4v) is 4.10. The van der Waals surface area contributed by atoms with E-state index in [-0.39, 0.29) is 44.3 Å². The molecule has 0 aromatic heterocycles. The SMILES string of the molecule is CN(CC(=O)Nc1c(Cl)c(Cl)cc(Cl)c1Cl)C1CCc2ccccc21. The zero-order valence-electron chi connectivity index (χ0n) is 13.5. The maximum absolute atomic E-state index is 12.5. The predicted octanol–water partition coefficient (Wildman–Crippen LogP) is 5.86. The molecule has 1 amide bonds. The zero-order valence-corrected chi connectivity index (χ0v) is 16.5. The maximum atomic E-state index is 12.5. The van der Waals surface area contributed by atoms with Crippen molar-refractivity contribution in [2.24, 2.45) is 0 Å². The van der Waals surface area contributed by atoms with Gasteiger partial charge in [0.05, 0.1) is 32.3 Å². The number of hydrogen-bond donors (Lipinski definition) is 1. The molecule has 2 aromatic rings. The van der Waals surface area contributed by atoms with Gasteiger partial charge in [0.1, 0.15) is 0 Å². The Hall–Kier alpha value is -0.970. The highest BCUT2D eigenvalue weighted by Gasteiger charge is 2.27. The fourth-order valence-electron chi connectivity index (χ4n) is 3.19. The summed E-state index contributed by atoms with van der Waals surface area (Å²) in [5.74, 6) is -0.228. The zero-order chi connectivity index (χ0) is 18.1. The van der Waals surface area contributed by atoms with Crippen molar-refractivity contribution < 1.29 is 4.79 Å². The molecule has 1 aliphatic carbocycles. The third-order valence-electron chi connectivity index (χ3n) is 4.40. The summed E-state index contributed by atoms with van der Waals surface area (Å²) in [6, 6.07) is 9.99. The van der Waals surface area contributed by atoms with Crippen LogP contribution in [0.3, 0.4) is 0 Å². The number of hydrogen-bond acceptors (Lipinski definition) is 2. The first-order valence-electron chi connectivity index (χ1n) is 7.79. The number of aryl methyl sites for hydroxylation is 1. The van der Waals surface area contributed by atoms with Crippen molar-refractivity contribution in [1.29, 1.82) is 0 Å². The first kappa shape index (κ1) is 18.8. The molecule has 2 aromatic carbocycles. The average Bonchev–Trinajstić information content (AvgIpc) is 3.01. The van der Waals surface area contributed by atoms with Crippen LogP contribution in [0.15, 0.2) is 30.3 Å². The molecule has 0 saturated carbocycles. The third kappa shape index (κ3) is 3.91. The summed E-state index contributed by atoms with van der Waals surface area (Å²) < 4.78 is 0. The van der Waals surface area contributed by atoms with Crippen molar-refractivity contribution in [3.05, 3.63) is 61.5 Å². The molecular weight excluding hydrogens is 402 g/mol. The number of rotatable bonds is 4. The Balaban J connectivity index is 1.72. The fraction of sp³-hybridized carbons (Fsp3) is 0.278. The second kappa shape index (κ2) is 7.73. The second-order valence-corrected chi connectivity index (χ2v) is 7.63. The van der Waals surface area contributed by atoms with E-state index in [1.807, 2.05) is 24.1 Å². The van der Waals surface area contributed by atoms with Crippen LogP contribution in [-0.2, 0) is 11.2 Å². The molecule has 25 heavy (non-hydrogen) atoms. The summed E-state index contributed by atoms with van der Waals surface area (Å²) >= 11 is 24.3. The van der Waals surface area contributed by atoms with Gasteiger partial charge in [-0.25, -0.2) is 0 Å². The van der Waals surface area contributed by atoms with Gasteiger partial charge in [0, 0.05) is 6.04 Å². The number of fused-ring (bicyclic) bond motifs is 1. The summed E-state index contributed by atoms with van der Waals surface area (Å²) in [5.41, 5.74) is 2.86. The summed E-state index contributed by atoms with van der Waals surface area (Å²) in [7, 11) is 1.93. The highest BCUT2D eigenvalue weighted by atomic mass is 35.5. The summed E-state index contributed by atoms with van der Waals surface area (Å²) in [5, 5.41) is 3.56. The quantitative estimate of drug-likeness (QED) is 0.632. The van der Waals surface area contributed by atoms with Gasteiger partial charge in [-0.15, -0.1) is 0 Å². The summed E-state index contributed by atoms with van der Waals surface area (Å²) in [6.45, 7) is 0.204. The molecule has 0 fully saturated rings. The Kier molecular flexibility index (Phi) is 5.81. The Labute approximate surface area is 166 Å². The highest BCUT2D eigenvalue weighted by molar-refractivity contribution is 6.50. The van der Waals surface area contributed by atoms with Crippen molar-refractivity contribution in [3.63, 3.8) is 0 Å². The van der Waals surface area contributed by atoms with E-state index in [0.29, 0.717) is 0 Å². The summed E-state index contributed by atoms with van der Waals surface area (Å²) in [4.78, 5) is 14.5. The van der Waals surface area contributed by atoms with Crippen LogP contribution in [0.5, 0.6) is 0 Å². The lowest BCUT2D eigenvalue weighted by atomic mass is 10.1. The van der Waals surface area contributed by atoms with E-state index in [1.54, 1.807) is 0 Å². The molecule has 7 heteroatoms. The van der Waals surface area contributed by atoms with Crippen LogP contribution in [0.2, 0.25) is 20.1 Å². The number of likely N-dealkylation sites (N-methyl/N-ethyl adjacent to an activating group) is 1. The van der Waals surface area contributed by atoms with Gasteiger partial charge in [-0.1, -0.05) is 70.7 Å². The average molecular weight is 418 g/mol. The molecule has 3 nitrogen and oxygen atoms in total. The molecule has 0 heterocycles. The van der Waals surface area contributed by atoms with Gasteiger partial charge in [0.15, 0.2) is 0 Å². The van der Waals surface area contributed by atoms with Crippen LogP contribution in [0.1, 0.15) is 23.6 Å². The number of halogens is 4. The van der Waals surface area contributed by atoms with Gasteiger partial charge in [0.25, 0.3) is 0 Å². The number of nitrogens with one attached hydrogen (secondary N) is 1. The molecule has 0 bridgehead atoms. The molecular formula is C18H16Cl4N2O. The minimum absolute atomic E-state index is 0.179. The normalized spacial score (nSPS) is 16.2. The number of anilines is 1. The van der Waals surface area contributed by atoms with Crippen LogP contribution in [0.25, 0.3) is 0 Å². The second-order valence-electron chi connectivity index (χ2n) is 6.06. The Morgan fingerprint density at radius 2 is 1.80 bits per heavy atom. The van der Waals surface area contributed by atoms with E-state index >= 15 is 0 Å². The highest BCUT2D eigenvalue weighted by Crippen LogP contribution is 2.41. The van der Waals surface area contributed by atoms with Gasteiger partial charge in [-0.2, -0.15) is 0 Å². The van der Waals surface area contributed by atoms with Gasteiger partial charge in [-0.05, 0) is 37.1 Å². The number of amides is 1. The van der Waals surface area contributed by atoms with Crippen LogP contribution >= 0.6 is 46.4 Å². The Morgan fingerprint density at radius 1 is 1.16 bits per heavy atom. The summed E-state index contributed by atoms with van der Waals surface area (Å²) in [6.07, 6.45) is 2.02. The monoisotopic (exact) mass is 416 g/mol. The number of benzene rings is 2.